The molecule has 0 bridgehead atoms. The largest absolute Gasteiger partial charge is 0.398 e. The lowest BCUT2D eigenvalue weighted by Gasteiger charge is -2.41. The number of rotatable bonds is 4. The fraction of sp³-hybridized carbons (Fsp3) is 0.381. The molecule has 0 saturated carbocycles. The molecule has 132 valence electrons. The number of nitrogen functional groups attached to an aromatic ring is 1. The maximum atomic E-state index is 12.8. The minimum Gasteiger partial charge on any atom is -0.398 e. The standard InChI is InChI=1S/C21H27N3O/c1-16-14-18(12-13-24(16)15-17-8-4-3-5-9-17)23(2)21(25)19-10-6-7-11-20(19)22/h3-11,16,18H,12-15,22H2,1-2H3. The molecule has 0 radical (unpaired) electrons. The summed E-state index contributed by atoms with van der Waals surface area (Å²) in [5.74, 6) is 0.0202. The van der Waals surface area contributed by atoms with Crippen molar-refractivity contribution >= 4 is 11.6 Å². The van der Waals surface area contributed by atoms with Gasteiger partial charge in [0.25, 0.3) is 5.91 Å². The van der Waals surface area contributed by atoms with E-state index in [1.54, 1.807) is 6.07 Å². The molecular weight excluding hydrogens is 310 g/mol. The van der Waals surface area contributed by atoms with Crippen LogP contribution in [0.2, 0.25) is 0 Å². The normalized spacial score (nSPS) is 21.0. The Hall–Kier alpha value is -2.33. The van der Waals surface area contributed by atoms with Gasteiger partial charge in [0.05, 0.1) is 5.56 Å². The summed E-state index contributed by atoms with van der Waals surface area (Å²) in [6.45, 7) is 4.23. The predicted octanol–water partition coefficient (Wildman–Crippen LogP) is 3.39. The number of benzene rings is 2. The van der Waals surface area contributed by atoms with Gasteiger partial charge in [-0.25, -0.2) is 0 Å². The Morgan fingerprint density at radius 1 is 1.16 bits per heavy atom. The van der Waals surface area contributed by atoms with Crippen molar-refractivity contribution in [3.8, 4) is 0 Å². The number of carbonyl (C=O) groups excluding carboxylic acids is 1. The molecule has 3 rings (SSSR count). The van der Waals surface area contributed by atoms with Crippen LogP contribution >= 0.6 is 0 Å². The number of likely N-dealkylation sites (tertiary alicyclic amines) is 1. The monoisotopic (exact) mass is 337 g/mol. The van der Waals surface area contributed by atoms with Crippen molar-refractivity contribution in [1.29, 1.82) is 0 Å². The Labute approximate surface area is 150 Å². The number of hydrogen-bond donors (Lipinski definition) is 1. The summed E-state index contributed by atoms with van der Waals surface area (Å²) in [7, 11) is 1.90. The molecule has 0 spiro atoms. The van der Waals surface area contributed by atoms with Crippen LogP contribution in [-0.4, -0.2) is 41.4 Å². The number of nitrogens with zero attached hydrogens (tertiary/aromatic N) is 2. The number of nitrogens with two attached hydrogens (primary N) is 1. The third-order valence-corrected chi connectivity index (χ3v) is 5.27. The van der Waals surface area contributed by atoms with E-state index in [9.17, 15) is 4.79 Å². The van der Waals surface area contributed by atoms with Gasteiger partial charge in [0, 0.05) is 37.9 Å². The first-order valence-corrected chi connectivity index (χ1v) is 8.96. The second-order valence-corrected chi connectivity index (χ2v) is 6.99. The molecule has 1 aliphatic rings. The molecule has 2 atom stereocenters. The predicted molar refractivity (Wildman–Crippen MR) is 102 cm³/mol. The van der Waals surface area contributed by atoms with E-state index in [0.29, 0.717) is 17.3 Å². The fourth-order valence-corrected chi connectivity index (χ4v) is 3.65. The number of hydrogen-bond acceptors (Lipinski definition) is 3. The van der Waals surface area contributed by atoms with E-state index < -0.39 is 0 Å². The van der Waals surface area contributed by atoms with Gasteiger partial charge in [0.15, 0.2) is 0 Å². The van der Waals surface area contributed by atoms with Crippen LogP contribution in [-0.2, 0) is 6.54 Å². The Morgan fingerprint density at radius 3 is 2.52 bits per heavy atom. The maximum Gasteiger partial charge on any atom is 0.255 e. The highest BCUT2D eigenvalue weighted by atomic mass is 16.2. The van der Waals surface area contributed by atoms with E-state index >= 15 is 0 Å². The van der Waals surface area contributed by atoms with Gasteiger partial charge in [-0.2, -0.15) is 0 Å². The SMILES string of the molecule is CC1CC(N(C)C(=O)c2ccccc2N)CCN1Cc1ccccc1. The average Bonchev–Trinajstić information content (AvgIpc) is 2.63. The van der Waals surface area contributed by atoms with Gasteiger partial charge in [-0.05, 0) is 37.5 Å². The van der Waals surface area contributed by atoms with Gasteiger partial charge < -0.3 is 10.6 Å². The van der Waals surface area contributed by atoms with Crippen molar-refractivity contribution in [2.75, 3.05) is 19.3 Å². The van der Waals surface area contributed by atoms with Crippen molar-refractivity contribution in [2.24, 2.45) is 0 Å². The summed E-state index contributed by atoms with van der Waals surface area (Å²) in [6, 6.07) is 18.6. The van der Waals surface area contributed by atoms with Crippen molar-refractivity contribution < 1.29 is 4.79 Å². The quantitative estimate of drug-likeness (QED) is 0.870. The first kappa shape index (κ1) is 17.5. The molecule has 1 heterocycles. The lowest BCUT2D eigenvalue weighted by molar-refractivity contribution is 0.0539. The molecule has 4 nitrogen and oxygen atoms in total. The lowest BCUT2D eigenvalue weighted by Crippen LogP contribution is -2.49. The van der Waals surface area contributed by atoms with Gasteiger partial charge in [-0.3, -0.25) is 9.69 Å². The van der Waals surface area contributed by atoms with Crippen LogP contribution in [0.25, 0.3) is 0 Å². The van der Waals surface area contributed by atoms with Gasteiger partial charge in [-0.15, -0.1) is 0 Å². The zero-order valence-electron chi connectivity index (χ0n) is 15.1. The Balaban J connectivity index is 1.62. The van der Waals surface area contributed by atoms with Crippen LogP contribution in [0.5, 0.6) is 0 Å². The molecule has 1 fully saturated rings. The summed E-state index contributed by atoms with van der Waals surface area (Å²) in [5, 5.41) is 0. The molecule has 4 heteroatoms. The topological polar surface area (TPSA) is 49.6 Å². The average molecular weight is 337 g/mol. The number of amides is 1. The van der Waals surface area contributed by atoms with Crippen molar-refractivity contribution in [3.63, 3.8) is 0 Å². The second kappa shape index (κ2) is 7.70. The number of carbonyl (C=O) groups is 1. The third-order valence-electron chi connectivity index (χ3n) is 5.27. The summed E-state index contributed by atoms with van der Waals surface area (Å²) < 4.78 is 0. The number of piperidine rings is 1. The maximum absolute atomic E-state index is 12.8. The summed E-state index contributed by atoms with van der Waals surface area (Å²) in [4.78, 5) is 17.2. The Bertz CT molecular complexity index is 716. The molecule has 2 N–H and O–H groups in total. The van der Waals surface area contributed by atoms with Crippen LogP contribution < -0.4 is 5.73 Å². The van der Waals surface area contributed by atoms with Crippen molar-refractivity contribution in [3.05, 3.63) is 65.7 Å². The van der Waals surface area contributed by atoms with E-state index in [4.69, 9.17) is 5.73 Å². The van der Waals surface area contributed by atoms with E-state index in [1.165, 1.54) is 5.56 Å². The number of anilines is 1. The molecule has 1 amide bonds. The van der Waals surface area contributed by atoms with E-state index in [0.717, 1.165) is 25.9 Å². The second-order valence-electron chi connectivity index (χ2n) is 6.99. The van der Waals surface area contributed by atoms with Gasteiger partial charge in [0.2, 0.25) is 0 Å². The van der Waals surface area contributed by atoms with Crippen molar-refractivity contribution in [2.45, 2.75) is 38.4 Å². The Morgan fingerprint density at radius 2 is 1.84 bits per heavy atom. The molecule has 2 unspecified atom stereocenters. The van der Waals surface area contributed by atoms with Crippen LogP contribution in [0.4, 0.5) is 5.69 Å². The van der Waals surface area contributed by atoms with Crippen LogP contribution in [0.3, 0.4) is 0 Å². The highest BCUT2D eigenvalue weighted by Crippen LogP contribution is 2.25. The zero-order chi connectivity index (χ0) is 17.8. The molecule has 1 saturated heterocycles. The summed E-state index contributed by atoms with van der Waals surface area (Å²) in [5.41, 5.74) is 8.46. The zero-order valence-corrected chi connectivity index (χ0v) is 15.1. The molecule has 0 aliphatic carbocycles. The minimum absolute atomic E-state index is 0.0202. The Kier molecular flexibility index (Phi) is 5.39. The van der Waals surface area contributed by atoms with Gasteiger partial charge in [-0.1, -0.05) is 42.5 Å². The third kappa shape index (κ3) is 4.02. The van der Waals surface area contributed by atoms with Crippen molar-refractivity contribution in [1.82, 2.24) is 9.80 Å². The first-order valence-electron chi connectivity index (χ1n) is 8.96. The van der Waals surface area contributed by atoms with E-state index in [-0.39, 0.29) is 11.9 Å². The minimum atomic E-state index is 0.0202. The summed E-state index contributed by atoms with van der Waals surface area (Å²) in [6.07, 6.45) is 1.98. The molecular formula is C21H27N3O. The molecule has 0 aromatic heterocycles. The highest BCUT2D eigenvalue weighted by Gasteiger charge is 2.30. The molecule has 1 aliphatic heterocycles. The van der Waals surface area contributed by atoms with Gasteiger partial charge >= 0.3 is 0 Å². The van der Waals surface area contributed by atoms with Crippen LogP contribution in [0, 0.1) is 0 Å². The van der Waals surface area contributed by atoms with E-state index in [2.05, 4.69) is 42.2 Å². The van der Waals surface area contributed by atoms with Gasteiger partial charge in [0.1, 0.15) is 0 Å². The highest BCUT2D eigenvalue weighted by molar-refractivity contribution is 5.99. The molecule has 2 aromatic carbocycles. The lowest BCUT2D eigenvalue weighted by atomic mass is 9.95. The number of para-hydroxylation sites is 1. The smallest absolute Gasteiger partial charge is 0.255 e. The van der Waals surface area contributed by atoms with Crippen LogP contribution in [0.15, 0.2) is 54.6 Å². The first-order chi connectivity index (χ1) is 12.1. The summed E-state index contributed by atoms with van der Waals surface area (Å²) >= 11 is 0. The fourth-order valence-electron chi connectivity index (χ4n) is 3.65. The van der Waals surface area contributed by atoms with E-state index in [1.807, 2.05) is 30.1 Å². The van der Waals surface area contributed by atoms with Crippen LogP contribution in [0.1, 0.15) is 35.7 Å². The molecule has 25 heavy (non-hydrogen) atoms. The molecule has 2 aromatic rings.